The van der Waals surface area contributed by atoms with Gasteiger partial charge in [0.1, 0.15) is 6.04 Å². The van der Waals surface area contributed by atoms with Crippen LogP contribution in [0.5, 0.6) is 0 Å². The lowest BCUT2D eigenvalue weighted by atomic mass is 9.95. The second-order valence-corrected chi connectivity index (χ2v) is 4.94. The number of halogens is 1. The Labute approximate surface area is 118 Å². The van der Waals surface area contributed by atoms with Crippen molar-refractivity contribution in [1.82, 2.24) is 15.5 Å². The van der Waals surface area contributed by atoms with E-state index in [2.05, 4.69) is 15.5 Å². The van der Waals surface area contributed by atoms with E-state index in [1.165, 1.54) is 0 Å². The maximum absolute atomic E-state index is 12.1. The van der Waals surface area contributed by atoms with Gasteiger partial charge < -0.3 is 15.6 Å². The monoisotopic (exact) mass is 288 g/mol. The fourth-order valence-electron chi connectivity index (χ4n) is 2.54. The number of aryl methyl sites for hydroxylation is 1. The van der Waals surface area contributed by atoms with Crippen LogP contribution in [0.15, 0.2) is 4.52 Å². The number of rotatable bonds is 4. The number of hydrogen-bond donors (Lipinski definition) is 2. The van der Waals surface area contributed by atoms with E-state index in [4.69, 9.17) is 10.3 Å². The number of nitrogens with one attached hydrogen (secondary N) is 1. The molecule has 3 atom stereocenters. The van der Waals surface area contributed by atoms with Gasteiger partial charge in [-0.3, -0.25) is 4.79 Å². The highest BCUT2D eigenvalue weighted by molar-refractivity contribution is 5.85. The Bertz CT molecular complexity index is 424. The van der Waals surface area contributed by atoms with Gasteiger partial charge in [0.2, 0.25) is 11.8 Å². The molecule has 1 aromatic rings. The number of hydrogen-bond acceptors (Lipinski definition) is 5. The van der Waals surface area contributed by atoms with Crippen LogP contribution in [0, 0.1) is 18.8 Å². The minimum atomic E-state index is -0.252. The number of carbonyl (C=O) groups is 1. The molecule has 2 rings (SSSR count). The maximum Gasteiger partial charge on any atom is 0.248 e. The fraction of sp³-hybridized carbons (Fsp3) is 0.750. The summed E-state index contributed by atoms with van der Waals surface area (Å²) in [4.78, 5) is 16.3. The zero-order valence-electron chi connectivity index (χ0n) is 11.3. The minimum absolute atomic E-state index is 0. The molecule has 1 fully saturated rings. The molecular weight excluding hydrogens is 268 g/mol. The van der Waals surface area contributed by atoms with Crippen LogP contribution < -0.4 is 11.1 Å². The average molecular weight is 289 g/mol. The van der Waals surface area contributed by atoms with Gasteiger partial charge >= 0.3 is 0 Å². The van der Waals surface area contributed by atoms with Crippen molar-refractivity contribution in [1.29, 1.82) is 0 Å². The summed E-state index contributed by atoms with van der Waals surface area (Å²) in [5, 5.41) is 6.64. The van der Waals surface area contributed by atoms with Crippen molar-refractivity contribution in [2.75, 3.05) is 6.54 Å². The van der Waals surface area contributed by atoms with E-state index < -0.39 is 0 Å². The van der Waals surface area contributed by atoms with E-state index in [9.17, 15) is 4.79 Å². The maximum atomic E-state index is 12.1. The first-order valence-corrected chi connectivity index (χ1v) is 6.42. The molecule has 6 nitrogen and oxygen atoms in total. The summed E-state index contributed by atoms with van der Waals surface area (Å²) in [6.07, 6.45) is 3.04. The van der Waals surface area contributed by atoms with Crippen LogP contribution in [0.4, 0.5) is 0 Å². The summed E-state index contributed by atoms with van der Waals surface area (Å²) in [6, 6.07) is -0.252. The van der Waals surface area contributed by atoms with Gasteiger partial charge in [-0.2, -0.15) is 4.98 Å². The van der Waals surface area contributed by atoms with Crippen LogP contribution in [0.25, 0.3) is 0 Å². The normalized spacial score (nSPS) is 23.7. The van der Waals surface area contributed by atoms with E-state index in [1.54, 1.807) is 6.92 Å². The molecule has 0 saturated heterocycles. The molecule has 0 spiro atoms. The fourth-order valence-corrected chi connectivity index (χ4v) is 2.54. The zero-order chi connectivity index (χ0) is 13.1. The predicted octanol–water partition coefficient (Wildman–Crippen LogP) is 1.35. The predicted molar refractivity (Wildman–Crippen MR) is 72.7 cm³/mol. The Morgan fingerprint density at radius 2 is 2.32 bits per heavy atom. The highest BCUT2D eigenvalue weighted by Gasteiger charge is 2.33. The number of carbonyl (C=O) groups excluding carboxylic acids is 1. The third-order valence-electron chi connectivity index (χ3n) is 3.57. The lowest BCUT2D eigenvalue weighted by molar-refractivity contribution is -0.126. The topological polar surface area (TPSA) is 94.0 Å². The van der Waals surface area contributed by atoms with Gasteiger partial charge in [-0.05, 0) is 39.2 Å². The Balaban J connectivity index is 0.00000180. The molecule has 1 aliphatic carbocycles. The molecule has 1 amide bonds. The Hall–Kier alpha value is -1.14. The largest absolute Gasteiger partial charge is 0.344 e. The highest BCUT2D eigenvalue weighted by Crippen LogP contribution is 2.31. The van der Waals surface area contributed by atoms with Crippen LogP contribution >= 0.6 is 12.4 Å². The molecule has 0 bridgehead atoms. The van der Waals surface area contributed by atoms with Crippen molar-refractivity contribution in [3.63, 3.8) is 0 Å². The van der Waals surface area contributed by atoms with Gasteiger partial charge in [0.25, 0.3) is 0 Å². The first-order valence-electron chi connectivity index (χ1n) is 6.42. The summed E-state index contributed by atoms with van der Waals surface area (Å²) in [5.74, 6) is 1.41. The molecule has 1 unspecified atom stereocenters. The Morgan fingerprint density at radius 3 is 2.89 bits per heavy atom. The standard InChI is InChI=1S/C12H20N4O2.ClH/c1-7(12-15-8(2)16-18-12)14-11(17)10-5-3-4-9(10)6-13;/h7,9-10H,3-6,13H2,1-2H3,(H,14,17);1H/t7?,9-,10-;/m1./s1. The van der Waals surface area contributed by atoms with Crippen molar-refractivity contribution in [2.24, 2.45) is 17.6 Å². The third kappa shape index (κ3) is 3.67. The van der Waals surface area contributed by atoms with Crippen molar-refractivity contribution in [3.05, 3.63) is 11.7 Å². The number of nitrogens with two attached hydrogens (primary N) is 1. The van der Waals surface area contributed by atoms with E-state index in [-0.39, 0.29) is 30.3 Å². The quantitative estimate of drug-likeness (QED) is 0.872. The van der Waals surface area contributed by atoms with Crippen molar-refractivity contribution >= 4 is 18.3 Å². The molecule has 0 aromatic carbocycles. The van der Waals surface area contributed by atoms with E-state index in [1.807, 2.05) is 6.92 Å². The van der Waals surface area contributed by atoms with Crippen LogP contribution in [0.3, 0.4) is 0 Å². The first-order chi connectivity index (χ1) is 8.61. The van der Waals surface area contributed by atoms with Gasteiger partial charge in [-0.15, -0.1) is 12.4 Å². The first kappa shape index (κ1) is 15.9. The molecule has 19 heavy (non-hydrogen) atoms. The summed E-state index contributed by atoms with van der Waals surface area (Å²) in [5.41, 5.74) is 5.69. The molecular formula is C12H21ClN4O2. The molecule has 0 aliphatic heterocycles. The van der Waals surface area contributed by atoms with Gasteiger partial charge in [0, 0.05) is 5.92 Å². The average Bonchev–Trinajstić information content (AvgIpc) is 2.96. The molecule has 3 N–H and O–H groups in total. The number of amides is 1. The van der Waals surface area contributed by atoms with E-state index >= 15 is 0 Å². The molecule has 1 heterocycles. The van der Waals surface area contributed by atoms with Crippen molar-refractivity contribution < 1.29 is 9.32 Å². The summed E-state index contributed by atoms with van der Waals surface area (Å²) in [6.45, 7) is 4.17. The van der Waals surface area contributed by atoms with Gasteiger partial charge in [-0.1, -0.05) is 11.6 Å². The molecule has 1 saturated carbocycles. The molecule has 0 radical (unpaired) electrons. The minimum Gasteiger partial charge on any atom is -0.344 e. The van der Waals surface area contributed by atoms with Crippen molar-refractivity contribution in [2.45, 2.75) is 39.2 Å². The second-order valence-electron chi connectivity index (χ2n) is 4.94. The Kier molecular flexibility index (Phi) is 5.75. The summed E-state index contributed by atoms with van der Waals surface area (Å²) >= 11 is 0. The van der Waals surface area contributed by atoms with Gasteiger partial charge in [0.05, 0.1) is 0 Å². The van der Waals surface area contributed by atoms with E-state index in [0.717, 1.165) is 19.3 Å². The van der Waals surface area contributed by atoms with Crippen LogP contribution in [-0.2, 0) is 4.79 Å². The van der Waals surface area contributed by atoms with Crippen LogP contribution in [0.2, 0.25) is 0 Å². The highest BCUT2D eigenvalue weighted by atomic mass is 35.5. The summed E-state index contributed by atoms with van der Waals surface area (Å²) in [7, 11) is 0. The third-order valence-corrected chi connectivity index (χ3v) is 3.57. The van der Waals surface area contributed by atoms with Crippen molar-refractivity contribution in [3.8, 4) is 0 Å². The lowest BCUT2D eigenvalue weighted by Gasteiger charge is -2.19. The Morgan fingerprint density at radius 1 is 1.58 bits per heavy atom. The smallest absolute Gasteiger partial charge is 0.248 e. The van der Waals surface area contributed by atoms with Crippen LogP contribution in [0.1, 0.15) is 43.9 Å². The molecule has 7 heteroatoms. The van der Waals surface area contributed by atoms with Crippen LogP contribution in [-0.4, -0.2) is 22.6 Å². The van der Waals surface area contributed by atoms with Gasteiger partial charge in [-0.25, -0.2) is 0 Å². The van der Waals surface area contributed by atoms with Gasteiger partial charge in [0.15, 0.2) is 5.82 Å². The zero-order valence-corrected chi connectivity index (χ0v) is 12.1. The molecule has 108 valence electrons. The summed E-state index contributed by atoms with van der Waals surface area (Å²) < 4.78 is 5.04. The second kappa shape index (κ2) is 6.86. The number of aromatic nitrogens is 2. The molecule has 1 aromatic heterocycles. The number of nitrogens with zero attached hydrogens (tertiary/aromatic N) is 2. The van der Waals surface area contributed by atoms with E-state index in [0.29, 0.717) is 24.2 Å². The lowest BCUT2D eigenvalue weighted by Crippen LogP contribution is -2.36. The molecule has 1 aliphatic rings. The SMILES string of the molecule is Cc1noc(C(C)NC(=O)[C@@H]2CCC[C@@H]2CN)n1.Cl.